The average molecular weight is 239 g/mol. The lowest BCUT2D eigenvalue weighted by molar-refractivity contribution is 0.385. The predicted molar refractivity (Wildman–Crippen MR) is 59.5 cm³/mol. The summed E-state index contributed by atoms with van der Waals surface area (Å²) in [5, 5.41) is 3.92. The molecule has 2 N–H and O–H groups in total. The van der Waals surface area contributed by atoms with Crippen LogP contribution < -0.4 is 10.5 Å². The van der Waals surface area contributed by atoms with E-state index < -0.39 is 11.6 Å². The van der Waals surface area contributed by atoms with Gasteiger partial charge in [-0.25, -0.2) is 8.78 Å². The van der Waals surface area contributed by atoms with Gasteiger partial charge in [0.25, 0.3) is 0 Å². The van der Waals surface area contributed by atoms with Crippen molar-refractivity contribution in [3.63, 3.8) is 0 Å². The topological polar surface area (TPSA) is 53.1 Å². The number of halogens is 2. The molecule has 0 radical (unpaired) electrons. The molecule has 0 fully saturated rings. The van der Waals surface area contributed by atoms with Gasteiger partial charge in [0.1, 0.15) is 5.82 Å². The number of nitrogen functional groups attached to an aromatic ring is 1. The van der Waals surface area contributed by atoms with E-state index >= 15 is 0 Å². The molecule has 90 valence electrons. The molecule has 6 heteroatoms. The Morgan fingerprint density at radius 2 is 2.06 bits per heavy atom. The highest BCUT2D eigenvalue weighted by molar-refractivity contribution is 5.77. The molecule has 0 saturated carbocycles. The van der Waals surface area contributed by atoms with Gasteiger partial charge < -0.3 is 10.5 Å². The summed E-state index contributed by atoms with van der Waals surface area (Å²) in [5.41, 5.74) is 6.70. The monoisotopic (exact) mass is 239 g/mol. The quantitative estimate of drug-likeness (QED) is 0.871. The van der Waals surface area contributed by atoms with Crippen LogP contribution in [-0.2, 0) is 7.05 Å². The number of anilines is 1. The zero-order valence-corrected chi connectivity index (χ0v) is 9.37. The van der Waals surface area contributed by atoms with Gasteiger partial charge >= 0.3 is 0 Å². The maximum absolute atomic E-state index is 13.5. The number of rotatable bonds is 2. The molecule has 0 unspecified atom stereocenters. The highest BCUT2D eigenvalue weighted by Crippen LogP contribution is 2.35. The lowest BCUT2D eigenvalue weighted by Gasteiger charge is -2.10. The van der Waals surface area contributed by atoms with E-state index in [-0.39, 0.29) is 11.3 Å². The number of methoxy groups -OCH3 is 1. The molecule has 1 aromatic heterocycles. The first kappa shape index (κ1) is 11.4. The predicted octanol–water partition coefficient (Wildman–Crippen LogP) is 1.96. The van der Waals surface area contributed by atoms with Crippen molar-refractivity contribution in [2.45, 2.75) is 0 Å². The average Bonchev–Trinajstić information content (AvgIpc) is 2.57. The van der Waals surface area contributed by atoms with E-state index in [1.165, 1.54) is 18.0 Å². The van der Waals surface area contributed by atoms with Crippen LogP contribution in [0.4, 0.5) is 14.5 Å². The first-order chi connectivity index (χ1) is 8.04. The molecule has 0 aliphatic carbocycles. The third-order valence-corrected chi connectivity index (χ3v) is 2.43. The van der Waals surface area contributed by atoms with E-state index in [9.17, 15) is 8.78 Å². The lowest BCUT2D eigenvalue weighted by atomic mass is 10.1. The number of aryl methyl sites for hydroxylation is 1. The van der Waals surface area contributed by atoms with Crippen LogP contribution in [0.25, 0.3) is 11.3 Å². The number of aromatic nitrogens is 2. The summed E-state index contributed by atoms with van der Waals surface area (Å²) in [6.45, 7) is 0. The Bertz CT molecular complexity index is 547. The van der Waals surface area contributed by atoms with Crippen LogP contribution in [0, 0.1) is 11.6 Å². The molecular formula is C11H11F2N3O. The van der Waals surface area contributed by atoms with Crippen LogP contribution in [0.3, 0.4) is 0 Å². The van der Waals surface area contributed by atoms with Gasteiger partial charge in [-0.05, 0) is 6.07 Å². The Morgan fingerprint density at radius 1 is 1.35 bits per heavy atom. The van der Waals surface area contributed by atoms with Gasteiger partial charge in [0.2, 0.25) is 0 Å². The molecule has 17 heavy (non-hydrogen) atoms. The second kappa shape index (κ2) is 4.04. The van der Waals surface area contributed by atoms with Crippen molar-refractivity contribution in [2.75, 3.05) is 12.8 Å². The molecule has 0 amide bonds. The number of ether oxygens (including phenoxy) is 1. The first-order valence-electron chi connectivity index (χ1n) is 4.85. The minimum Gasteiger partial charge on any atom is -0.493 e. The molecular weight excluding hydrogens is 228 g/mol. The Morgan fingerprint density at radius 3 is 2.59 bits per heavy atom. The Balaban J connectivity index is 2.74. The van der Waals surface area contributed by atoms with Crippen LogP contribution in [0.1, 0.15) is 0 Å². The highest BCUT2D eigenvalue weighted by Gasteiger charge is 2.18. The zero-order valence-electron chi connectivity index (χ0n) is 9.37. The summed E-state index contributed by atoms with van der Waals surface area (Å²) in [6.07, 6.45) is 1.41. The summed E-state index contributed by atoms with van der Waals surface area (Å²) in [6, 6.07) is 1.92. The maximum atomic E-state index is 13.5. The fraction of sp³-hybridized carbons (Fsp3) is 0.182. The van der Waals surface area contributed by atoms with E-state index in [2.05, 4.69) is 5.10 Å². The summed E-state index contributed by atoms with van der Waals surface area (Å²) in [4.78, 5) is 0. The normalized spacial score (nSPS) is 10.6. The largest absolute Gasteiger partial charge is 0.493 e. The van der Waals surface area contributed by atoms with Crippen molar-refractivity contribution < 1.29 is 13.5 Å². The molecule has 0 saturated heterocycles. The third kappa shape index (κ3) is 1.82. The fourth-order valence-corrected chi connectivity index (χ4v) is 1.73. The summed E-state index contributed by atoms with van der Waals surface area (Å²) < 4.78 is 33.1. The van der Waals surface area contributed by atoms with Crippen molar-refractivity contribution >= 4 is 5.69 Å². The van der Waals surface area contributed by atoms with Crippen LogP contribution in [0.15, 0.2) is 18.3 Å². The maximum Gasteiger partial charge on any atom is 0.168 e. The minimum absolute atomic E-state index is 0.0540. The minimum atomic E-state index is -0.775. The van der Waals surface area contributed by atoms with Gasteiger partial charge in [0, 0.05) is 18.7 Å². The summed E-state index contributed by atoms with van der Waals surface area (Å²) in [7, 11) is 2.94. The number of nitrogens with zero attached hydrogens (tertiary/aromatic N) is 2. The molecule has 0 bridgehead atoms. The smallest absolute Gasteiger partial charge is 0.168 e. The number of nitrogens with two attached hydrogens (primary N) is 1. The van der Waals surface area contributed by atoms with Gasteiger partial charge in [-0.15, -0.1) is 0 Å². The van der Waals surface area contributed by atoms with Crippen LogP contribution >= 0.6 is 0 Å². The van der Waals surface area contributed by atoms with Crippen LogP contribution in [0.5, 0.6) is 5.75 Å². The number of benzene rings is 1. The van der Waals surface area contributed by atoms with Crippen molar-refractivity contribution in [3.8, 4) is 17.0 Å². The van der Waals surface area contributed by atoms with E-state index in [0.29, 0.717) is 11.4 Å². The van der Waals surface area contributed by atoms with Gasteiger partial charge in [-0.2, -0.15) is 5.10 Å². The van der Waals surface area contributed by atoms with E-state index in [0.717, 1.165) is 12.1 Å². The van der Waals surface area contributed by atoms with E-state index in [1.807, 2.05) is 0 Å². The molecule has 1 heterocycles. The molecule has 0 atom stereocenters. The Kier molecular flexibility index (Phi) is 2.71. The van der Waals surface area contributed by atoms with Crippen molar-refractivity contribution in [1.82, 2.24) is 9.78 Å². The molecule has 2 rings (SSSR count). The van der Waals surface area contributed by atoms with Crippen LogP contribution in [0.2, 0.25) is 0 Å². The zero-order chi connectivity index (χ0) is 12.6. The molecule has 4 nitrogen and oxygen atoms in total. The molecule has 0 spiro atoms. The molecule has 0 aliphatic rings. The Labute approximate surface area is 96.6 Å². The third-order valence-electron chi connectivity index (χ3n) is 2.43. The first-order valence-corrected chi connectivity index (χ1v) is 4.85. The molecule has 1 aromatic carbocycles. The van der Waals surface area contributed by atoms with E-state index in [4.69, 9.17) is 10.5 Å². The second-order valence-electron chi connectivity index (χ2n) is 3.54. The van der Waals surface area contributed by atoms with Crippen LogP contribution in [-0.4, -0.2) is 16.9 Å². The molecule has 0 aliphatic heterocycles. The number of hydrogen-bond acceptors (Lipinski definition) is 3. The van der Waals surface area contributed by atoms with Crippen molar-refractivity contribution in [1.29, 1.82) is 0 Å². The second-order valence-corrected chi connectivity index (χ2v) is 3.54. The summed E-state index contributed by atoms with van der Waals surface area (Å²) >= 11 is 0. The van der Waals surface area contributed by atoms with Crippen molar-refractivity contribution in [2.24, 2.45) is 7.05 Å². The standard InChI is InChI=1S/C11H11F2N3O/c1-16-10(9(14)5-15-16)7-3-6(12)4-8(13)11(7)17-2/h3-5H,14H2,1-2H3. The summed E-state index contributed by atoms with van der Waals surface area (Å²) in [5.74, 6) is -1.52. The SMILES string of the molecule is COc1c(F)cc(F)cc1-c1c(N)cnn1C. The number of hydrogen-bond donors (Lipinski definition) is 1. The molecule has 2 aromatic rings. The van der Waals surface area contributed by atoms with Crippen molar-refractivity contribution in [3.05, 3.63) is 30.0 Å². The van der Waals surface area contributed by atoms with Gasteiger partial charge in [-0.3, -0.25) is 4.68 Å². The lowest BCUT2D eigenvalue weighted by Crippen LogP contribution is -2.00. The Hall–Kier alpha value is -2.11. The van der Waals surface area contributed by atoms with Gasteiger partial charge in [0.05, 0.1) is 24.7 Å². The van der Waals surface area contributed by atoms with Gasteiger partial charge in [-0.1, -0.05) is 0 Å². The highest BCUT2D eigenvalue weighted by atomic mass is 19.1. The fourth-order valence-electron chi connectivity index (χ4n) is 1.73. The van der Waals surface area contributed by atoms with E-state index in [1.54, 1.807) is 7.05 Å². The van der Waals surface area contributed by atoms with Gasteiger partial charge in [0.15, 0.2) is 11.6 Å².